The first kappa shape index (κ1) is 20.3. The summed E-state index contributed by atoms with van der Waals surface area (Å²) in [5.74, 6) is -0.0971. The summed E-state index contributed by atoms with van der Waals surface area (Å²) in [6.07, 6.45) is 9.55. The lowest BCUT2D eigenvalue weighted by molar-refractivity contribution is -0.0244. The summed E-state index contributed by atoms with van der Waals surface area (Å²) in [5.41, 5.74) is 3.67. The van der Waals surface area contributed by atoms with Crippen LogP contribution in [0.5, 0.6) is 0 Å². The third-order valence-electron chi connectivity index (χ3n) is 6.04. The van der Waals surface area contributed by atoms with E-state index in [1.165, 1.54) is 0 Å². The monoisotopic (exact) mass is 428 g/mol. The van der Waals surface area contributed by atoms with Gasteiger partial charge in [-0.05, 0) is 49.1 Å². The molecule has 5 heterocycles. The van der Waals surface area contributed by atoms with Crippen molar-refractivity contribution in [2.75, 3.05) is 13.1 Å². The summed E-state index contributed by atoms with van der Waals surface area (Å²) in [6.45, 7) is 3.49. The Morgan fingerprint density at radius 3 is 2.66 bits per heavy atom. The van der Waals surface area contributed by atoms with Gasteiger partial charge in [-0.3, -0.25) is 14.8 Å². The van der Waals surface area contributed by atoms with E-state index in [9.17, 15) is 9.90 Å². The molecular formula is C24H24N6O2. The van der Waals surface area contributed by atoms with Crippen LogP contribution in [0, 0.1) is 6.92 Å². The number of pyridine rings is 3. The van der Waals surface area contributed by atoms with Gasteiger partial charge in [0.1, 0.15) is 11.1 Å². The molecule has 8 heteroatoms. The molecule has 1 aliphatic heterocycles. The lowest BCUT2D eigenvalue weighted by atomic mass is 9.87. The minimum atomic E-state index is -1.00. The number of hydrogen-bond acceptors (Lipinski definition) is 6. The van der Waals surface area contributed by atoms with Crippen molar-refractivity contribution >= 4 is 17.1 Å². The van der Waals surface area contributed by atoms with E-state index >= 15 is 0 Å². The van der Waals surface area contributed by atoms with Crippen LogP contribution in [0.2, 0.25) is 0 Å². The molecule has 1 saturated heterocycles. The molecule has 0 aromatic carbocycles. The highest BCUT2D eigenvalue weighted by Gasteiger charge is 2.36. The van der Waals surface area contributed by atoms with Gasteiger partial charge in [0.15, 0.2) is 5.65 Å². The molecule has 8 nitrogen and oxygen atoms in total. The molecule has 0 atom stereocenters. The molecule has 1 aliphatic rings. The average molecular weight is 428 g/mol. The molecule has 1 fully saturated rings. The standard InChI is InChI=1S/C24H24N6O2/c1-17-4-5-21(26-12-17)24(32)6-9-29(10-7-24)23(31)19-11-20-22(27-14-19)30(16-28-20)15-18-3-2-8-25-13-18/h2-5,8,11-14,16,32H,6-7,9-10,15H2,1H3. The predicted octanol–water partition coefficient (Wildman–Crippen LogP) is 2.70. The highest BCUT2D eigenvalue weighted by molar-refractivity contribution is 5.96. The van der Waals surface area contributed by atoms with Crippen LogP contribution in [0.3, 0.4) is 0 Å². The normalized spacial score (nSPS) is 15.8. The van der Waals surface area contributed by atoms with Crippen molar-refractivity contribution in [1.29, 1.82) is 0 Å². The summed E-state index contributed by atoms with van der Waals surface area (Å²) in [4.78, 5) is 32.3. The molecule has 0 aliphatic carbocycles. The Hall–Kier alpha value is -3.65. The van der Waals surface area contributed by atoms with E-state index in [0.717, 1.165) is 16.8 Å². The molecule has 0 radical (unpaired) electrons. The van der Waals surface area contributed by atoms with E-state index in [0.29, 0.717) is 49.2 Å². The Kier molecular flexibility index (Phi) is 5.14. The van der Waals surface area contributed by atoms with E-state index < -0.39 is 5.60 Å². The highest BCUT2D eigenvalue weighted by Crippen LogP contribution is 2.32. The number of imidazole rings is 1. The SMILES string of the molecule is Cc1ccc(C2(O)CCN(C(=O)c3cnc4c(c3)ncn4Cc3cccnc3)CC2)nc1. The van der Waals surface area contributed by atoms with Gasteiger partial charge < -0.3 is 14.6 Å². The molecule has 4 aromatic rings. The summed E-state index contributed by atoms with van der Waals surface area (Å²) >= 11 is 0. The quantitative estimate of drug-likeness (QED) is 0.537. The van der Waals surface area contributed by atoms with Gasteiger partial charge in [0.2, 0.25) is 0 Å². The minimum Gasteiger partial charge on any atom is -0.383 e. The van der Waals surface area contributed by atoms with E-state index in [2.05, 4.69) is 19.9 Å². The van der Waals surface area contributed by atoms with E-state index in [1.54, 1.807) is 35.9 Å². The number of aromatic nitrogens is 5. The zero-order valence-corrected chi connectivity index (χ0v) is 17.8. The number of rotatable bonds is 4. The van der Waals surface area contributed by atoms with Crippen LogP contribution < -0.4 is 0 Å². The van der Waals surface area contributed by atoms with Crippen LogP contribution in [0.1, 0.15) is 40.0 Å². The number of hydrogen-bond donors (Lipinski definition) is 1. The zero-order valence-electron chi connectivity index (χ0n) is 17.8. The number of likely N-dealkylation sites (tertiary alicyclic amines) is 1. The Balaban J connectivity index is 1.29. The van der Waals surface area contributed by atoms with Gasteiger partial charge in [0.05, 0.1) is 24.1 Å². The Bertz CT molecular complexity index is 1240. The van der Waals surface area contributed by atoms with Gasteiger partial charge in [-0.2, -0.15) is 0 Å². The molecule has 0 saturated carbocycles. The first-order chi connectivity index (χ1) is 15.5. The van der Waals surface area contributed by atoms with Crippen molar-refractivity contribution in [3.8, 4) is 0 Å². The van der Waals surface area contributed by atoms with Crippen LogP contribution in [-0.2, 0) is 12.1 Å². The summed E-state index contributed by atoms with van der Waals surface area (Å²) in [5, 5.41) is 11.0. The second kappa shape index (κ2) is 8.12. The number of fused-ring (bicyclic) bond motifs is 1. The Morgan fingerprint density at radius 2 is 1.94 bits per heavy atom. The third kappa shape index (κ3) is 3.85. The number of piperidine rings is 1. The molecule has 0 unspecified atom stereocenters. The number of carbonyl (C=O) groups is 1. The van der Waals surface area contributed by atoms with Crippen molar-refractivity contribution in [2.45, 2.75) is 31.9 Å². The van der Waals surface area contributed by atoms with Gasteiger partial charge >= 0.3 is 0 Å². The van der Waals surface area contributed by atoms with Crippen LogP contribution in [-0.4, -0.2) is 53.5 Å². The first-order valence-electron chi connectivity index (χ1n) is 10.7. The number of aryl methyl sites for hydroxylation is 1. The van der Waals surface area contributed by atoms with E-state index in [1.807, 2.05) is 42.0 Å². The van der Waals surface area contributed by atoms with Crippen molar-refractivity contribution in [2.24, 2.45) is 0 Å². The maximum atomic E-state index is 13.1. The molecule has 4 aromatic heterocycles. The zero-order chi connectivity index (χ0) is 22.1. The van der Waals surface area contributed by atoms with Crippen molar-refractivity contribution in [3.05, 3.63) is 83.8 Å². The Morgan fingerprint density at radius 1 is 1.09 bits per heavy atom. The first-order valence-corrected chi connectivity index (χ1v) is 10.7. The lowest BCUT2D eigenvalue weighted by Crippen LogP contribution is -2.45. The molecule has 32 heavy (non-hydrogen) atoms. The number of nitrogens with zero attached hydrogens (tertiary/aromatic N) is 6. The number of amides is 1. The Labute approximate surface area is 185 Å². The molecule has 5 rings (SSSR count). The summed E-state index contributed by atoms with van der Waals surface area (Å²) < 4.78 is 1.94. The maximum absolute atomic E-state index is 13.1. The second-order valence-corrected chi connectivity index (χ2v) is 8.35. The van der Waals surface area contributed by atoms with Gasteiger partial charge in [0.25, 0.3) is 5.91 Å². The van der Waals surface area contributed by atoms with Crippen LogP contribution in [0.25, 0.3) is 11.2 Å². The fourth-order valence-electron chi connectivity index (χ4n) is 4.13. The largest absolute Gasteiger partial charge is 0.383 e. The second-order valence-electron chi connectivity index (χ2n) is 8.35. The van der Waals surface area contributed by atoms with Gasteiger partial charge in [-0.15, -0.1) is 0 Å². The van der Waals surface area contributed by atoms with Crippen molar-refractivity contribution in [3.63, 3.8) is 0 Å². The minimum absolute atomic E-state index is 0.0971. The van der Waals surface area contributed by atoms with Crippen molar-refractivity contribution < 1.29 is 9.90 Å². The van der Waals surface area contributed by atoms with E-state index in [-0.39, 0.29) is 5.91 Å². The van der Waals surface area contributed by atoms with Gasteiger partial charge in [-0.1, -0.05) is 12.1 Å². The van der Waals surface area contributed by atoms with Gasteiger partial charge in [0, 0.05) is 37.9 Å². The molecule has 162 valence electrons. The molecule has 0 bridgehead atoms. The van der Waals surface area contributed by atoms with Crippen LogP contribution in [0.15, 0.2) is 61.4 Å². The molecule has 1 N–H and O–H groups in total. The number of aliphatic hydroxyl groups is 1. The van der Waals surface area contributed by atoms with Gasteiger partial charge in [-0.25, -0.2) is 9.97 Å². The van der Waals surface area contributed by atoms with Crippen LogP contribution in [0.4, 0.5) is 0 Å². The molecule has 0 spiro atoms. The smallest absolute Gasteiger partial charge is 0.255 e. The average Bonchev–Trinajstić information content (AvgIpc) is 3.22. The van der Waals surface area contributed by atoms with E-state index in [4.69, 9.17) is 0 Å². The fourth-order valence-corrected chi connectivity index (χ4v) is 4.13. The number of carbonyl (C=O) groups excluding carboxylic acids is 1. The fraction of sp³-hybridized carbons (Fsp3) is 0.292. The lowest BCUT2D eigenvalue weighted by Gasteiger charge is -2.37. The van der Waals surface area contributed by atoms with Crippen molar-refractivity contribution in [1.82, 2.24) is 29.4 Å². The topological polar surface area (TPSA) is 97.0 Å². The summed E-state index contributed by atoms with van der Waals surface area (Å²) in [6, 6.07) is 9.50. The third-order valence-corrected chi connectivity index (χ3v) is 6.04. The molecular weight excluding hydrogens is 404 g/mol. The van der Waals surface area contributed by atoms with Crippen LogP contribution >= 0.6 is 0 Å². The highest BCUT2D eigenvalue weighted by atomic mass is 16.3. The predicted molar refractivity (Wildman–Crippen MR) is 119 cm³/mol. The maximum Gasteiger partial charge on any atom is 0.255 e. The molecule has 1 amide bonds. The summed E-state index contributed by atoms with van der Waals surface area (Å²) in [7, 11) is 0.